The normalized spacial score (nSPS) is 10.6. The first-order chi connectivity index (χ1) is 9.49. The van der Waals surface area contributed by atoms with Gasteiger partial charge in [-0.3, -0.25) is 4.79 Å². The van der Waals surface area contributed by atoms with Crippen molar-refractivity contribution in [2.24, 2.45) is 0 Å². The van der Waals surface area contributed by atoms with Crippen LogP contribution < -0.4 is 5.73 Å². The molecule has 0 atom stereocenters. The highest BCUT2D eigenvalue weighted by molar-refractivity contribution is 9.11. The van der Waals surface area contributed by atoms with Crippen LogP contribution in [0.5, 0.6) is 0 Å². The zero-order valence-corrected chi connectivity index (χ0v) is 13.9. The summed E-state index contributed by atoms with van der Waals surface area (Å²) in [6, 6.07) is 9.52. The summed E-state index contributed by atoms with van der Waals surface area (Å²) in [5.74, 6) is 0.0208. The minimum atomic E-state index is 0.0208. The number of carbonyl (C=O) groups excluding carboxylic acids is 1. The van der Waals surface area contributed by atoms with E-state index >= 15 is 0 Å². The summed E-state index contributed by atoms with van der Waals surface area (Å²) in [6.07, 6.45) is 0. The number of carbonyl (C=O) groups is 1. The molecule has 106 valence electrons. The molecule has 3 nitrogen and oxygen atoms in total. The highest BCUT2D eigenvalue weighted by atomic mass is 79.9. The van der Waals surface area contributed by atoms with Crippen molar-refractivity contribution in [2.75, 3.05) is 12.3 Å². The van der Waals surface area contributed by atoms with Crippen LogP contribution in [0.2, 0.25) is 0 Å². The lowest BCUT2D eigenvalue weighted by Gasteiger charge is -2.20. The lowest BCUT2D eigenvalue weighted by molar-refractivity contribution is 0.0754. The molecule has 1 amide bonds. The van der Waals surface area contributed by atoms with Gasteiger partial charge in [0.1, 0.15) is 0 Å². The SMILES string of the molecule is CCN(Cc1ccc(Br)s1)C(=O)c1cc(C)cc(N)c1. The molecular weight excluding hydrogens is 336 g/mol. The predicted molar refractivity (Wildman–Crippen MR) is 88.0 cm³/mol. The van der Waals surface area contributed by atoms with E-state index in [-0.39, 0.29) is 5.91 Å². The smallest absolute Gasteiger partial charge is 0.254 e. The number of thiophene rings is 1. The van der Waals surface area contributed by atoms with Gasteiger partial charge in [-0.2, -0.15) is 0 Å². The Morgan fingerprint density at radius 1 is 1.35 bits per heavy atom. The molecule has 1 heterocycles. The molecule has 0 unspecified atom stereocenters. The van der Waals surface area contributed by atoms with E-state index in [1.807, 2.05) is 43.0 Å². The molecule has 2 aromatic rings. The number of nitrogens with two attached hydrogens (primary N) is 1. The van der Waals surface area contributed by atoms with Gasteiger partial charge in [-0.1, -0.05) is 0 Å². The first kappa shape index (κ1) is 15.1. The van der Waals surface area contributed by atoms with Crippen LogP contribution in [0, 0.1) is 6.92 Å². The highest BCUT2D eigenvalue weighted by Crippen LogP contribution is 2.24. The van der Waals surface area contributed by atoms with Crippen LogP contribution in [0.3, 0.4) is 0 Å². The average molecular weight is 353 g/mol. The molecule has 0 radical (unpaired) electrons. The number of hydrogen-bond acceptors (Lipinski definition) is 3. The Bertz CT molecular complexity index is 604. The molecule has 2 N–H and O–H groups in total. The molecular formula is C15H17BrN2OS. The van der Waals surface area contributed by atoms with E-state index in [2.05, 4.69) is 15.9 Å². The van der Waals surface area contributed by atoms with E-state index in [0.717, 1.165) is 14.2 Å². The molecule has 5 heteroatoms. The van der Waals surface area contributed by atoms with E-state index in [0.29, 0.717) is 24.3 Å². The van der Waals surface area contributed by atoms with Crippen molar-refractivity contribution in [1.82, 2.24) is 4.90 Å². The number of nitrogen functional groups attached to an aromatic ring is 1. The monoisotopic (exact) mass is 352 g/mol. The van der Waals surface area contributed by atoms with Gasteiger partial charge in [-0.05, 0) is 65.7 Å². The minimum absolute atomic E-state index is 0.0208. The Morgan fingerprint density at radius 3 is 2.65 bits per heavy atom. The summed E-state index contributed by atoms with van der Waals surface area (Å²) in [4.78, 5) is 15.5. The topological polar surface area (TPSA) is 46.3 Å². The molecule has 0 bridgehead atoms. The Morgan fingerprint density at radius 2 is 2.10 bits per heavy atom. The molecule has 0 saturated carbocycles. The zero-order valence-electron chi connectivity index (χ0n) is 11.5. The van der Waals surface area contributed by atoms with Gasteiger partial charge < -0.3 is 10.6 Å². The molecule has 2 rings (SSSR count). The Hall–Kier alpha value is -1.33. The van der Waals surface area contributed by atoms with Crippen LogP contribution in [0.1, 0.15) is 27.7 Å². The van der Waals surface area contributed by atoms with E-state index in [1.54, 1.807) is 17.4 Å². The number of benzene rings is 1. The molecule has 1 aromatic carbocycles. The predicted octanol–water partition coefficient (Wildman–Crippen LogP) is 4.06. The van der Waals surface area contributed by atoms with Gasteiger partial charge in [-0.15, -0.1) is 11.3 Å². The number of anilines is 1. The zero-order chi connectivity index (χ0) is 14.7. The standard InChI is InChI=1S/C15H17BrN2OS/c1-3-18(9-13-4-5-14(16)20-13)15(19)11-6-10(2)7-12(17)8-11/h4-8H,3,9,17H2,1-2H3. The molecule has 1 aromatic heterocycles. The second kappa shape index (κ2) is 6.41. The maximum Gasteiger partial charge on any atom is 0.254 e. The molecule has 0 spiro atoms. The second-order valence-electron chi connectivity index (χ2n) is 4.66. The number of aryl methyl sites for hydroxylation is 1. The van der Waals surface area contributed by atoms with Crippen molar-refractivity contribution in [1.29, 1.82) is 0 Å². The van der Waals surface area contributed by atoms with Crippen LogP contribution >= 0.6 is 27.3 Å². The summed E-state index contributed by atoms with van der Waals surface area (Å²) in [5, 5.41) is 0. The van der Waals surface area contributed by atoms with Crippen LogP contribution in [0.4, 0.5) is 5.69 Å². The lowest BCUT2D eigenvalue weighted by Crippen LogP contribution is -2.30. The minimum Gasteiger partial charge on any atom is -0.399 e. The van der Waals surface area contributed by atoms with Crippen LogP contribution in [0.25, 0.3) is 0 Å². The van der Waals surface area contributed by atoms with Crippen molar-refractivity contribution in [3.63, 3.8) is 0 Å². The number of hydrogen-bond donors (Lipinski definition) is 1. The van der Waals surface area contributed by atoms with Crippen molar-refractivity contribution >= 4 is 38.9 Å². The fourth-order valence-corrected chi connectivity index (χ4v) is 3.57. The van der Waals surface area contributed by atoms with Crippen LogP contribution in [0.15, 0.2) is 34.1 Å². The van der Waals surface area contributed by atoms with Gasteiger partial charge in [0.2, 0.25) is 0 Å². The first-order valence-electron chi connectivity index (χ1n) is 6.40. The van der Waals surface area contributed by atoms with Gasteiger partial charge in [0.25, 0.3) is 5.91 Å². The lowest BCUT2D eigenvalue weighted by atomic mass is 10.1. The third kappa shape index (κ3) is 3.61. The Labute approximate surface area is 131 Å². The quantitative estimate of drug-likeness (QED) is 0.843. The van der Waals surface area contributed by atoms with E-state index in [9.17, 15) is 4.79 Å². The summed E-state index contributed by atoms with van der Waals surface area (Å²) < 4.78 is 1.08. The number of amides is 1. The number of rotatable bonds is 4. The summed E-state index contributed by atoms with van der Waals surface area (Å²) in [7, 11) is 0. The Kier molecular flexibility index (Phi) is 4.83. The fraction of sp³-hybridized carbons (Fsp3) is 0.267. The number of nitrogens with zero attached hydrogens (tertiary/aromatic N) is 1. The maximum atomic E-state index is 12.6. The van der Waals surface area contributed by atoms with Gasteiger partial charge >= 0.3 is 0 Å². The molecule has 0 aliphatic heterocycles. The maximum absolute atomic E-state index is 12.6. The largest absolute Gasteiger partial charge is 0.399 e. The van der Waals surface area contributed by atoms with Crippen molar-refractivity contribution < 1.29 is 4.79 Å². The molecule has 0 saturated heterocycles. The number of halogens is 1. The van der Waals surface area contributed by atoms with Crippen molar-refractivity contribution in [2.45, 2.75) is 20.4 Å². The van der Waals surface area contributed by atoms with Crippen LogP contribution in [-0.2, 0) is 6.54 Å². The molecule has 20 heavy (non-hydrogen) atoms. The molecule has 0 fully saturated rings. The third-order valence-electron chi connectivity index (χ3n) is 2.99. The average Bonchev–Trinajstić information content (AvgIpc) is 2.79. The summed E-state index contributed by atoms with van der Waals surface area (Å²) >= 11 is 5.09. The van der Waals surface area contributed by atoms with Gasteiger partial charge in [0.15, 0.2) is 0 Å². The van der Waals surface area contributed by atoms with Gasteiger partial charge in [-0.25, -0.2) is 0 Å². The third-order valence-corrected chi connectivity index (χ3v) is 4.60. The van der Waals surface area contributed by atoms with Gasteiger partial charge in [0, 0.05) is 22.7 Å². The van der Waals surface area contributed by atoms with Crippen molar-refractivity contribution in [3.8, 4) is 0 Å². The van der Waals surface area contributed by atoms with E-state index < -0.39 is 0 Å². The second-order valence-corrected chi connectivity index (χ2v) is 7.21. The highest BCUT2D eigenvalue weighted by Gasteiger charge is 2.16. The Balaban J connectivity index is 2.20. The molecule has 0 aliphatic rings. The summed E-state index contributed by atoms with van der Waals surface area (Å²) in [6.45, 7) is 5.22. The van der Waals surface area contributed by atoms with Crippen LogP contribution in [-0.4, -0.2) is 17.4 Å². The van der Waals surface area contributed by atoms with E-state index in [1.165, 1.54) is 0 Å². The first-order valence-corrected chi connectivity index (χ1v) is 8.01. The van der Waals surface area contributed by atoms with Gasteiger partial charge in [0.05, 0.1) is 10.3 Å². The molecule has 0 aliphatic carbocycles. The fourth-order valence-electron chi connectivity index (χ4n) is 2.07. The summed E-state index contributed by atoms with van der Waals surface area (Å²) in [5.41, 5.74) is 8.10. The van der Waals surface area contributed by atoms with Crippen molar-refractivity contribution in [3.05, 3.63) is 50.1 Å². The van der Waals surface area contributed by atoms with E-state index in [4.69, 9.17) is 5.73 Å².